The minimum Gasteiger partial charge on any atom is -0.493 e. The maximum atomic E-state index is 12.5. The van der Waals surface area contributed by atoms with Crippen molar-refractivity contribution in [2.75, 3.05) is 18.9 Å². The average Bonchev–Trinajstić information content (AvgIpc) is 2.47. The Morgan fingerprint density at radius 1 is 0.913 bits per heavy atom. The fourth-order valence-corrected chi connectivity index (χ4v) is 3.82. The van der Waals surface area contributed by atoms with Crippen molar-refractivity contribution >= 4 is 38.9 Å². The van der Waals surface area contributed by atoms with Gasteiger partial charge in [-0.1, -0.05) is 23.2 Å². The molecule has 0 spiro atoms. The lowest BCUT2D eigenvalue weighted by atomic mass is 10.2. The van der Waals surface area contributed by atoms with Crippen LogP contribution in [0.1, 0.15) is 5.56 Å². The van der Waals surface area contributed by atoms with Crippen LogP contribution in [0.25, 0.3) is 0 Å². The Balaban J connectivity index is 2.44. The van der Waals surface area contributed by atoms with Crippen LogP contribution in [0.15, 0.2) is 35.2 Å². The normalized spacial score (nSPS) is 11.2. The van der Waals surface area contributed by atoms with Crippen LogP contribution in [-0.2, 0) is 10.0 Å². The summed E-state index contributed by atoms with van der Waals surface area (Å²) in [5, 5.41) is 0.476. The molecule has 2 aromatic carbocycles. The molecule has 0 saturated carbocycles. The van der Waals surface area contributed by atoms with Crippen LogP contribution in [0.4, 0.5) is 5.69 Å². The minimum atomic E-state index is -3.84. The standard InChI is InChI=1S/C15H15Cl2NO4S/c1-9-4-14(21-2)15(22-3)8-13(9)18-23(19,20)12-6-10(16)5-11(17)7-12/h4-8,18H,1-3H3. The summed E-state index contributed by atoms with van der Waals surface area (Å²) in [6.07, 6.45) is 0. The van der Waals surface area contributed by atoms with Crippen molar-refractivity contribution in [2.45, 2.75) is 11.8 Å². The highest BCUT2D eigenvalue weighted by Crippen LogP contribution is 2.34. The first-order valence-electron chi connectivity index (χ1n) is 6.48. The molecule has 0 aromatic heterocycles. The second kappa shape index (κ2) is 6.86. The highest BCUT2D eigenvalue weighted by Gasteiger charge is 2.18. The summed E-state index contributed by atoms with van der Waals surface area (Å²) in [5.41, 5.74) is 1.05. The van der Waals surface area contributed by atoms with E-state index in [1.54, 1.807) is 19.1 Å². The summed E-state index contributed by atoms with van der Waals surface area (Å²) in [7, 11) is -0.857. The van der Waals surface area contributed by atoms with E-state index in [2.05, 4.69) is 4.72 Å². The number of aryl methyl sites for hydroxylation is 1. The fraction of sp³-hybridized carbons (Fsp3) is 0.200. The molecule has 0 aliphatic rings. The Hall–Kier alpha value is -1.63. The number of hydrogen-bond acceptors (Lipinski definition) is 4. The lowest BCUT2D eigenvalue weighted by Gasteiger charge is -2.15. The van der Waals surface area contributed by atoms with Gasteiger partial charge in [-0.15, -0.1) is 0 Å². The third kappa shape index (κ3) is 4.02. The monoisotopic (exact) mass is 375 g/mol. The summed E-state index contributed by atoms with van der Waals surface area (Å²) in [4.78, 5) is -0.0239. The van der Waals surface area contributed by atoms with Gasteiger partial charge in [0.05, 0.1) is 24.8 Å². The first-order chi connectivity index (χ1) is 10.8. The van der Waals surface area contributed by atoms with Gasteiger partial charge in [0.1, 0.15) is 0 Å². The lowest BCUT2D eigenvalue weighted by molar-refractivity contribution is 0.355. The number of ether oxygens (including phenoxy) is 2. The van der Waals surface area contributed by atoms with E-state index in [1.807, 2.05) is 0 Å². The summed E-state index contributed by atoms with van der Waals surface area (Å²) < 4.78 is 37.9. The van der Waals surface area contributed by atoms with Crippen LogP contribution < -0.4 is 14.2 Å². The Bertz CT molecular complexity index is 817. The van der Waals surface area contributed by atoms with Gasteiger partial charge in [-0.05, 0) is 36.8 Å². The van der Waals surface area contributed by atoms with E-state index in [9.17, 15) is 8.42 Å². The van der Waals surface area contributed by atoms with Gasteiger partial charge < -0.3 is 9.47 Å². The number of methoxy groups -OCH3 is 2. The van der Waals surface area contributed by atoms with Gasteiger partial charge in [0.25, 0.3) is 10.0 Å². The van der Waals surface area contributed by atoms with Crippen molar-refractivity contribution in [3.63, 3.8) is 0 Å². The average molecular weight is 376 g/mol. The molecule has 5 nitrogen and oxygen atoms in total. The summed E-state index contributed by atoms with van der Waals surface area (Å²) in [5.74, 6) is 0.929. The van der Waals surface area contributed by atoms with Crippen LogP contribution in [-0.4, -0.2) is 22.6 Å². The molecule has 2 rings (SSSR count). The molecule has 0 radical (unpaired) electrons. The third-order valence-corrected chi connectivity index (χ3v) is 4.90. The fourth-order valence-electron chi connectivity index (χ4n) is 1.98. The highest BCUT2D eigenvalue weighted by molar-refractivity contribution is 7.92. The smallest absolute Gasteiger partial charge is 0.262 e. The van der Waals surface area contributed by atoms with Gasteiger partial charge in [0, 0.05) is 16.1 Å². The molecule has 8 heteroatoms. The Morgan fingerprint density at radius 2 is 1.43 bits per heavy atom. The van der Waals surface area contributed by atoms with E-state index in [4.69, 9.17) is 32.7 Å². The molecule has 23 heavy (non-hydrogen) atoms. The molecular weight excluding hydrogens is 361 g/mol. The van der Waals surface area contributed by atoms with Gasteiger partial charge in [-0.2, -0.15) is 0 Å². The van der Waals surface area contributed by atoms with E-state index >= 15 is 0 Å². The molecule has 2 aromatic rings. The summed E-state index contributed by atoms with van der Waals surface area (Å²) in [6, 6.07) is 7.35. The number of hydrogen-bond donors (Lipinski definition) is 1. The molecule has 0 unspecified atom stereocenters. The van der Waals surface area contributed by atoms with Crippen molar-refractivity contribution in [3.05, 3.63) is 45.9 Å². The van der Waals surface area contributed by atoms with Crippen molar-refractivity contribution in [2.24, 2.45) is 0 Å². The molecule has 0 aliphatic carbocycles. The molecule has 0 atom stereocenters. The molecule has 0 bridgehead atoms. The molecule has 0 fully saturated rings. The SMILES string of the molecule is COc1cc(C)c(NS(=O)(=O)c2cc(Cl)cc(Cl)c2)cc1OC. The van der Waals surface area contributed by atoms with Gasteiger partial charge in [0.15, 0.2) is 11.5 Å². The maximum Gasteiger partial charge on any atom is 0.262 e. The van der Waals surface area contributed by atoms with Crippen LogP contribution in [0, 0.1) is 6.92 Å². The van der Waals surface area contributed by atoms with Crippen molar-refractivity contribution < 1.29 is 17.9 Å². The van der Waals surface area contributed by atoms with Crippen LogP contribution in [0.5, 0.6) is 11.5 Å². The van der Waals surface area contributed by atoms with E-state index in [1.165, 1.54) is 32.4 Å². The molecule has 0 heterocycles. The number of anilines is 1. The van der Waals surface area contributed by atoms with Gasteiger partial charge in [-0.3, -0.25) is 4.72 Å². The molecule has 0 saturated heterocycles. The minimum absolute atomic E-state index is 0.0239. The van der Waals surface area contributed by atoms with Crippen LogP contribution in [0.2, 0.25) is 10.0 Å². The van der Waals surface area contributed by atoms with Crippen molar-refractivity contribution in [1.29, 1.82) is 0 Å². The number of sulfonamides is 1. The Kier molecular flexibility index (Phi) is 5.29. The number of rotatable bonds is 5. The number of nitrogens with one attached hydrogen (secondary N) is 1. The molecule has 1 N–H and O–H groups in total. The van der Waals surface area contributed by atoms with Gasteiger partial charge in [0.2, 0.25) is 0 Å². The van der Waals surface area contributed by atoms with Crippen molar-refractivity contribution in [3.8, 4) is 11.5 Å². The quantitative estimate of drug-likeness (QED) is 0.853. The first kappa shape index (κ1) is 17.7. The summed E-state index contributed by atoms with van der Waals surface area (Å²) in [6.45, 7) is 1.75. The van der Waals surface area contributed by atoms with Crippen molar-refractivity contribution in [1.82, 2.24) is 0 Å². The van der Waals surface area contributed by atoms with Crippen LogP contribution >= 0.6 is 23.2 Å². The Morgan fingerprint density at radius 3 is 1.96 bits per heavy atom. The zero-order valence-corrected chi connectivity index (χ0v) is 15.0. The number of benzene rings is 2. The van der Waals surface area contributed by atoms with Gasteiger partial charge >= 0.3 is 0 Å². The first-order valence-corrected chi connectivity index (χ1v) is 8.72. The third-order valence-electron chi connectivity index (χ3n) is 3.12. The topological polar surface area (TPSA) is 64.6 Å². The Labute approximate surface area is 145 Å². The van der Waals surface area contributed by atoms with Gasteiger partial charge in [-0.25, -0.2) is 8.42 Å². The maximum absolute atomic E-state index is 12.5. The second-order valence-corrected chi connectivity index (χ2v) is 7.29. The largest absolute Gasteiger partial charge is 0.493 e. The van der Waals surface area contributed by atoms with E-state index in [-0.39, 0.29) is 14.9 Å². The van der Waals surface area contributed by atoms with E-state index < -0.39 is 10.0 Å². The highest BCUT2D eigenvalue weighted by atomic mass is 35.5. The zero-order chi connectivity index (χ0) is 17.2. The molecule has 0 amide bonds. The van der Waals surface area contributed by atoms with E-state index in [0.29, 0.717) is 22.7 Å². The van der Waals surface area contributed by atoms with E-state index in [0.717, 1.165) is 0 Å². The molecule has 0 aliphatic heterocycles. The molecule has 124 valence electrons. The lowest BCUT2D eigenvalue weighted by Crippen LogP contribution is -2.14. The predicted molar refractivity (Wildman–Crippen MR) is 91.6 cm³/mol. The summed E-state index contributed by atoms with van der Waals surface area (Å²) >= 11 is 11.7. The zero-order valence-electron chi connectivity index (χ0n) is 12.7. The predicted octanol–water partition coefficient (Wildman–Crippen LogP) is 4.12. The second-order valence-electron chi connectivity index (χ2n) is 4.73. The number of halogens is 2. The van der Waals surface area contributed by atoms with Crippen LogP contribution in [0.3, 0.4) is 0 Å². The molecular formula is C15H15Cl2NO4S.